The zero-order valence-electron chi connectivity index (χ0n) is 8.85. The van der Waals surface area contributed by atoms with E-state index in [1.807, 2.05) is 13.8 Å². The van der Waals surface area contributed by atoms with E-state index < -0.39 is 5.41 Å². The molecule has 14 heavy (non-hydrogen) atoms. The second-order valence-electron chi connectivity index (χ2n) is 4.47. The average Bonchev–Trinajstić information content (AvgIpc) is 2.19. The molecule has 0 fully saturated rings. The minimum Gasteiger partial charge on any atom is -0.353 e. The molecule has 0 aromatic heterocycles. The zero-order valence-corrected chi connectivity index (χ0v) is 9.60. The Morgan fingerprint density at radius 2 is 2.29 bits per heavy atom. The lowest BCUT2D eigenvalue weighted by Gasteiger charge is -2.26. The monoisotopic (exact) mass is 215 g/mol. The van der Waals surface area contributed by atoms with Gasteiger partial charge in [-0.1, -0.05) is 12.2 Å². The summed E-state index contributed by atoms with van der Waals surface area (Å²) in [5, 5.41) is 3.04. The van der Waals surface area contributed by atoms with Crippen LogP contribution in [-0.2, 0) is 4.79 Å². The molecule has 0 radical (unpaired) electrons. The first-order chi connectivity index (χ1) is 6.56. The van der Waals surface area contributed by atoms with Crippen molar-refractivity contribution < 1.29 is 4.79 Å². The van der Waals surface area contributed by atoms with Crippen LogP contribution in [0.5, 0.6) is 0 Å². The molecule has 0 aromatic carbocycles. The highest BCUT2D eigenvalue weighted by molar-refractivity contribution is 6.19. The molecule has 0 saturated heterocycles. The van der Waals surface area contributed by atoms with Crippen LogP contribution in [0, 0.1) is 5.41 Å². The molecular weight excluding hydrogens is 198 g/mol. The number of carbonyl (C=O) groups is 1. The Morgan fingerprint density at radius 3 is 2.79 bits per heavy atom. The van der Waals surface area contributed by atoms with Gasteiger partial charge in [0.1, 0.15) is 0 Å². The second kappa shape index (κ2) is 4.83. The minimum absolute atomic E-state index is 0.0628. The van der Waals surface area contributed by atoms with Gasteiger partial charge in [0.25, 0.3) is 0 Å². The summed E-state index contributed by atoms with van der Waals surface area (Å²) in [6.07, 6.45) is 7.34. The van der Waals surface area contributed by atoms with Crippen molar-refractivity contribution in [3.8, 4) is 0 Å². The lowest BCUT2D eigenvalue weighted by atomic mass is 9.93. The van der Waals surface area contributed by atoms with Crippen LogP contribution >= 0.6 is 11.6 Å². The summed E-state index contributed by atoms with van der Waals surface area (Å²) in [6, 6.07) is 0.301. The van der Waals surface area contributed by atoms with E-state index in [0.29, 0.717) is 11.9 Å². The predicted molar refractivity (Wildman–Crippen MR) is 59.4 cm³/mol. The summed E-state index contributed by atoms with van der Waals surface area (Å²) in [7, 11) is 0. The van der Waals surface area contributed by atoms with Gasteiger partial charge in [-0.3, -0.25) is 4.79 Å². The van der Waals surface area contributed by atoms with Crippen molar-refractivity contribution in [3.63, 3.8) is 0 Å². The van der Waals surface area contributed by atoms with Crippen molar-refractivity contribution in [2.24, 2.45) is 5.41 Å². The van der Waals surface area contributed by atoms with Gasteiger partial charge in [-0.25, -0.2) is 0 Å². The molecule has 1 N–H and O–H groups in total. The molecular formula is C11H18ClNO. The molecule has 80 valence electrons. The highest BCUT2D eigenvalue weighted by Crippen LogP contribution is 2.19. The Morgan fingerprint density at radius 1 is 1.57 bits per heavy atom. The second-order valence-corrected chi connectivity index (χ2v) is 4.74. The van der Waals surface area contributed by atoms with Gasteiger partial charge in [-0.15, -0.1) is 11.6 Å². The number of rotatable bonds is 3. The molecule has 0 aromatic rings. The van der Waals surface area contributed by atoms with Crippen LogP contribution in [0.1, 0.15) is 33.1 Å². The Hall–Kier alpha value is -0.500. The quantitative estimate of drug-likeness (QED) is 0.569. The molecule has 1 amide bonds. The molecule has 0 aliphatic heterocycles. The molecule has 0 saturated carbocycles. The first-order valence-electron chi connectivity index (χ1n) is 5.08. The van der Waals surface area contributed by atoms with E-state index in [-0.39, 0.29) is 5.91 Å². The summed E-state index contributed by atoms with van der Waals surface area (Å²) >= 11 is 5.73. The van der Waals surface area contributed by atoms with E-state index in [0.717, 1.165) is 19.3 Å². The van der Waals surface area contributed by atoms with Crippen molar-refractivity contribution >= 4 is 17.5 Å². The van der Waals surface area contributed by atoms with E-state index in [2.05, 4.69) is 17.5 Å². The number of allylic oxidation sites excluding steroid dienone is 1. The Labute approximate surface area is 90.7 Å². The van der Waals surface area contributed by atoms with Gasteiger partial charge >= 0.3 is 0 Å². The fourth-order valence-electron chi connectivity index (χ4n) is 1.37. The maximum absolute atomic E-state index is 11.7. The maximum Gasteiger partial charge on any atom is 0.227 e. The number of carbonyl (C=O) groups excluding carboxylic acids is 1. The molecule has 1 atom stereocenters. The molecule has 1 aliphatic rings. The predicted octanol–water partition coefficient (Wildman–Crippen LogP) is 2.48. The molecule has 1 aliphatic carbocycles. The van der Waals surface area contributed by atoms with E-state index in [4.69, 9.17) is 11.6 Å². The smallest absolute Gasteiger partial charge is 0.227 e. The lowest BCUT2D eigenvalue weighted by Crippen LogP contribution is -2.44. The van der Waals surface area contributed by atoms with Crippen LogP contribution in [0.15, 0.2) is 12.2 Å². The van der Waals surface area contributed by atoms with Crippen molar-refractivity contribution in [1.82, 2.24) is 5.32 Å². The Kier molecular flexibility index (Phi) is 3.99. The summed E-state index contributed by atoms with van der Waals surface area (Å²) in [5.41, 5.74) is -0.456. The fourth-order valence-corrected chi connectivity index (χ4v) is 1.49. The number of hydrogen-bond acceptors (Lipinski definition) is 1. The summed E-state index contributed by atoms with van der Waals surface area (Å²) in [4.78, 5) is 11.7. The molecule has 0 heterocycles. The van der Waals surface area contributed by atoms with Gasteiger partial charge in [0, 0.05) is 11.9 Å². The third-order valence-corrected chi connectivity index (χ3v) is 3.22. The zero-order chi connectivity index (χ0) is 10.6. The number of nitrogens with one attached hydrogen (secondary N) is 1. The largest absolute Gasteiger partial charge is 0.353 e. The molecule has 3 heteroatoms. The summed E-state index contributed by atoms with van der Waals surface area (Å²) < 4.78 is 0. The highest BCUT2D eigenvalue weighted by Gasteiger charge is 2.28. The van der Waals surface area contributed by atoms with Gasteiger partial charge in [0.05, 0.1) is 5.41 Å². The standard InChI is InChI=1S/C11H18ClNO/c1-11(2,8-12)10(14)13-9-6-4-3-5-7-9/h3-4,9H,5-8H2,1-2H3,(H,13,14). The third kappa shape index (κ3) is 3.02. The number of hydrogen-bond donors (Lipinski definition) is 1. The van der Waals surface area contributed by atoms with E-state index in [1.165, 1.54) is 0 Å². The summed E-state index contributed by atoms with van der Waals surface area (Å²) in [6.45, 7) is 3.74. The van der Waals surface area contributed by atoms with Crippen LogP contribution in [-0.4, -0.2) is 17.8 Å². The lowest BCUT2D eigenvalue weighted by molar-refractivity contribution is -0.129. The third-order valence-electron chi connectivity index (χ3n) is 2.55. The number of alkyl halides is 1. The SMILES string of the molecule is CC(C)(CCl)C(=O)NC1CC=CCC1. The van der Waals surface area contributed by atoms with E-state index >= 15 is 0 Å². The van der Waals surface area contributed by atoms with Crippen molar-refractivity contribution in [1.29, 1.82) is 0 Å². The molecule has 0 bridgehead atoms. The summed E-state index contributed by atoms with van der Waals surface area (Å²) in [5.74, 6) is 0.425. The van der Waals surface area contributed by atoms with Crippen molar-refractivity contribution in [3.05, 3.63) is 12.2 Å². The van der Waals surface area contributed by atoms with Crippen molar-refractivity contribution in [2.45, 2.75) is 39.2 Å². The number of amides is 1. The minimum atomic E-state index is -0.456. The molecule has 1 unspecified atom stereocenters. The van der Waals surface area contributed by atoms with Crippen molar-refractivity contribution in [2.75, 3.05) is 5.88 Å². The van der Waals surface area contributed by atoms with Crippen LogP contribution < -0.4 is 5.32 Å². The van der Waals surface area contributed by atoms with Gasteiger partial charge in [-0.2, -0.15) is 0 Å². The topological polar surface area (TPSA) is 29.1 Å². The van der Waals surface area contributed by atoms with Gasteiger partial charge in [0.2, 0.25) is 5.91 Å². The van der Waals surface area contributed by atoms with Crippen LogP contribution in [0.4, 0.5) is 0 Å². The molecule has 1 rings (SSSR count). The number of halogens is 1. The first kappa shape index (κ1) is 11.6. The van der Waals surface area contributed by atoms with E-state index in [1.54, 1.807) is 0 Å². The van der Waals surface area contributed by atoms with Gasteiger partial charge in [0.15, 0.2) is 0 Å². The van der Waals surface area contributed by atoms with Crippen LogP contribution in [0.2, 0.25) is 0 Å². The normalized spacial score (nSPS) is 22.1. The molecule has 2 nitrogen and oxygen atoms in total. The first-order valence-corrected chi connectivity index (χ1v) is 5.61. The maximum atomic E-state index is 11.7. The Bertz CT molecular complexity index is 235. The van der Waals surface area contributed by atoms with Crippen LogP contribution in [0.25, 0.3) is 0 Å². The van der Waals surface area contributed by atoms with E-state index in [9.17, 15) is 4.79 Å². The highest BCUT2D eigenvalue weighted by atomic mass is 35.5. The Balaban J connectivity index is 2.44. The molecule has 0 spiro atoms. The van der Waals surface area contributed by atoms with Gasteiger partial charge < -0.3 is 5.32 Å². The fraction of sp³-hybridized carbons (Fsp3) is 0.727. The van der Waals surface area contributed by atoms with Gasteiger partial charge in [-0.05, 0) is 33.1 Å². The average molecular weight is 216 g/mol. The van der Waals surface area contributed by atoms with Crippen LogP contribution in [0.3, 0.4) is 0 Å².